The minimum absolute atomic E-state index is 0.0313. The molecule has 1 N–H and O–H groups in total. The number of hydrogen-bond acceptors (Lipinski definition) is 9. The molecule has 0 aliphatic heterocycles. The normalized spacial score (nSPS) is 12.7. The Hall–Kier alpha value is -3.95. The zero-order valence-corrected chi connectivity index (χ0v) is 27.0. The van der Waals surface area contributed by atoms with Crippen LogP contribution in [0.1, 0.15) is 75.4 Å². The second-order valence-corrected chi connectivity index (χ2v) is 12.7. The fourth-order valence-corrected chi connectivity index (χ4v) is 5.81. The van der Waals surface area contributed by atoms with E-state index in [-0.39, 0.29) is 40.9 Å². The van der Waals surface area contributed by atoms with E-state index in [4.69, 9.17) is 14.2 Å². The lowest BCUT2D eigenvalue weighted by Gasteiger charge is -2.29. The monoisotopic (exact) mass is 612 g/mol. The molecule has 0 spiro atoms. The highest BCUT2D eigenvalue weighted by molar-refractivity contribution is 7.20. The van der Waals surface area contributed by atoms with E-state index in [1.165, 1.54) is 25.5 Å². The minimum Gasteiger partial charge on any atom is -0.496 e. The summed E-state index contributed by atoms with van der Waals surface area (Å²) in [6.45, 7) is 13.4. The van der Waals surface area contributed by atoms with Gasteiger partial charge in [0.25, 0.3) is 5.56 Å². The van der Waals surface area contributed by atoms with E-state index < -0.39 is 40.2 Å². The fraction of sp³-hybridized carbons (Fsp3) is 0.516. The van der Waals surface area contributed by atoms with Crippen molar-refractivity contribution in [3.63, 3.8) is 0 Å². The zero-order chi connectivity index (χ0) is 32.3. The predicted molar refractivity (Wildman–Crippen MR) is 165 cm³/mol. The van der Waals surface area contributed by atoms with Gasteiger partial charge in [-0.3, -0.25) is 14.2 Å². The third-order valence-corrected chi connectivity index (χ3v) is 8.28. The number of thiophene rings is 1. The van der Waals surface area contributed by atoms with Crippen LogP contribution in [0.3, 0.4) is 0 Å². The summed E-state index contributed by atoms with van der Waals surface area (Å²) in [6.07, 6.45) is -0.809. The molecule has 0 saturated heterocycles. The van der Waals surface area contributed by atoms with E-state index >= 15 is 0 Å². The van der Waals surface area contributed by atoms with Crippen molar-refractivity contribution in [2.24, 2.45) is 5.41 Å². The topological polar surface area (TPSA) is 142 Å². The molecule has 2 heterocycles. The summed E-state index contributed by atoms with van der Waals surface area (Å²) in [5, 5.41) is 12.6. The molecule has 3 rings (SSSR count). The van der Waals surface area contributed by atoms with Crippen LogP contribution in [-0.2, 0) is 26.4 Å². The van der Waals surface area contributed by atoms with Gasteiger partial charge in [0.1, 0.15) is 27.1 Å². The number of nitriles is 1. The van der Waals surface area contributed by atoms with Crippen molar-refractivity contribution in [1.29, 1.82) is 5.26 Å². The fourth-order valence-electron chi connectivity index (χ4n) is 4.61. The van der Waals surface area contributed by atoms with Gasteiger partial charge in [-0.2, -0.15) is 5.26 Å². The summed E-state index contributed by atoms with van der Waals surface area (Å²) in [7, 11) is 1.52. The average Bonchev–Trinajstić information content (AvgIpc) is 3.29. The number of aryl methyl sites for hydroxylation is 1. The van der Waals surface area contributed by atoms with Gasteiger partial charge < -0.3 is 19.5 Å². The standard InChI is InChI=1S/C31H40N4O7S/c1-10-41-27(37)24-19(4)23-25(36)35(31(7,8)28(38)33-18(2)3)29(39)34(26(23)43-24)15-22(42-17-30(5,6)16-32)20-13-11-12-14-21(20)40-9/h11-14,18,22H,10,15,17H2,1-9H3,(H,33,38)/t22-/m0/s1. The van der Waals surface area contributed by atoms with Crippen molar-refractivity contribution < 1.29 is 23.8 Å². The summed E-state index contributed by atoms with van der Waals surface area (Å²) >= 11 is 0.976. The highest BCUT2D eigenvalue weighted by Crippen LogP contribution is 2.34. The van der Waals surface area contributed by atoms with E-state index in [1.807, 2.05) is 0 Å². The van der Waals surface area contributed by atoms with Gasteiger partial charge >= 0.3 is 11.7 Å². The van der Waals surface area contributed by atoms with Gasteiger partial charge in [0.05, 0.1) is 43.7 Å². The Balaban J connectivity index is 2.39. The first kappa shape index (κ1) is 33.6. The number of fused-ring (bicyclic) bond motifs is 1. The van der Waals surface area contributed by atoms with E-state index in [0.717, 1.165) is 15.9 Å². The number of amides is 1. The number of hydrogen-bond donors (Lipinski definition) is 1. The van der Waals surface area contributed by atoms with Crippen LogP contribution in [0.15, 0.2) is 33.9 Å². The first-order valence-corrected chi connectivity index (χ1v) is 14.9. The lowest BCUT2D eigenvalue weighted by Crippen LogP contribution is -2.56. The summed E-state index contributed by atoms with van der Waals surface area (Å²) < 4.78 is 19.4. The largest absolute Gasteiger partial charge is 0.496 e. The maximum atomic E-state index is 14.3. The number of esters is 1. The number of nitrogens with one attached hydrogen (secondary N) is 1. The van der Waals surface area contributed by atoms with Crippen LogP contribution in [0.5, 0.6) is 5.75 Å². The molecule has 0 fully saturated rings. The lowest BCUT2D eigenvalue weighted by atomic mass is 9.97. The van der Waals surface area contributed by atoms with E-state index in [2.05, 4.69) is 11.4 Å². The number of ether oxygens (including phenoxy) is 3. The third kappa shape index (κ3) is 6.84. The SMILES string of the molecule is CCOC(=O)c1sc2c(c1C)c(=O)n(C(C)(C)C(=O)NC(C)C)c(=O)n2C[C@H](OCC(C)(C)C#N)c1ccccc1OC. The summed E-state index contributed by atoms with van der Waals surface area (Å²) in [5.41, 5.74) is -2.90. The smallest absolute Gasteiger partial charge is 0.348 e. The second-order valence-electron chi connectivity index (χ2n) is 11.7. The number of carbonyl (C=O) groups excluding carboxylic acids is 2. The van der Waals surface area contributed by atoms with Crippen LogP contribution in [0.4, 0.5) is 0 Å². The number of benzene rings is 1. The van der Waals surface area contributed by atoms with Crippen molar-refractivity contribution in [2.75, 3.05) is 20.3 Å². The molecule has 0 aliphatic rings. The molecule has 0 aliphatic carbocycles. The molecule has 2 aromatic heterocycles. The number of nitrogens with zero attached hydrogens (tertiary/aromatic N) is 3. The van der Waals surface area contributed by atoms with Crippen LogP contribution in [0.2, 0.25) is 0 Å². The molecule has 1 atom stereocenters. The Kier molecular flexibility index (Phi) is 10.3. The molecule has 0 radical (unpaired) electrons. The van der Waals surface area contributed by atoms with E-state index in [0.29, 0.717) is 16.9 Å². The third-order valence-electron chi connectivity index (χ3n) is 6.99. The lowest BCUT2D eigenvalue weighted by molar-refractivity contribution is -0.129. The molecule has 1 aromatic carbocycles. The Morgan fingerprint density at radius 3 is 2.37 bits per heavy atom. The number of carbonyl (C=O) groups is 2. The van der Waals surface area contributed by atoms with Gasteiger partial charge in [-0.1, -0.05) is 18.2 Å². The van der Waals surface area contributed by atoms with Gasteiger partial charge in [-0.15, -0.1) is 11.3 Å². The maximum absolute atomic E-state index is 14.3. The molecule has 43 heavy (non-hydrogen) atoms. The molecule has 0 bridgehead atoms. The van der Waals surface area contributed by atoms with Crippen molar-refractivity contribution in [2.45, 2.75) is 79.6 Å². The van der Waals surface area contributed by atoms with Gasteiger partial charge in [-0.25, -0.2) is 14.2 Å². The van der Waals surface area contributed by atoms with Gasteiger partial charge in [0.2, 0.25) is 5.91 Å². The van der Waals surface area contributed by atoms with E-state index in [9.17, 15) is 24.4 Å². The Morgan fingerprint density at radius 2 is 1.79 bits per heavy atom. The van der Waals surface area contributed by atoms with Gasteiger partial charge in [0, 0.05) is 11.6 Å². The minimum atomic E-state index is -1.59. The Labute approximate surface area is 255 Å². The van der Waals surface area contributed by atoms with Crippen molar-refractivity contribution in [1.82, 2.24) is 14.5 Å². The molecule has 0 unspecified atom stereocenters. The summed E-state index contributed by atoms with van der Waals surface area (Å²) in [4.78, 5) is 55.0. The Morgan fingerprint density at radius 1 is 1.14 bits per heavy atom. The van der Waals surface area contributed by atoms with Crippen molar-refractivity contribution in [3.8, 4) is 11.8 Å². The maximum Gasteiger partial charge on any atom is 0.348 e. The first-order valence-electron chi connectivity index (χ1n) is 14.0. The van der Waals surface area contributed by atoms with Crippen LogP contribution < -0.4 is 21.3 Å². The number of rotatable bonds is 12. The van der Waals surface area contributed by atoms with Gasteiger partial charge in [0.15, 0.2) is 0 Å². The van der Waals surface area contributed by atoms with Crippen molar-refractivity contribution in [3.05, 3.63) is 61.1 Å². The van der Waals surface area contributed by atoms with Crippen LogP contribution in [0.25, 0.3) is 10.2 Å². The first-order chi connectivity index (χ1) is 20.1. The molecule has 232 valence electrons. The van der Waals surface area contributed by atoms with Crippen LogP contribution >= 0.6 is 11.3 Å². The predicted octanol–water partition coefficient (Wildman–Crippen LogP) is 4.29. The van der Waals surface area contributed by atoms with Crippen LogP contribution in [0, 0.1) is 23.7 Å². The number of para-hydroxylation sites is 1. The van der Waals surface area contributed by atoms with Crippen molar-refractivity contribution >= 4 is 33.4 Å². The molecular weight excluding hydrogens is 572 g/mol. The Bertz CT molecular complexity index is 1670. The molecule has 11 nitrogen and oxygen atoms in total. The molecule has 0 saturated carbocycles. The highest BCUT2D eigenvalue weighted by Gasteiger charge is 2.37. The molecule has 3 aromatic rings. The highest BCUT2D eigenvalue weighted by atomic mass is 32.1. The summed E-state index contributed by atoms with van der Waals surface area (Å²) in [6, 6.07) is 9.14. The zero-order valence-electron chi connectivity index (χ0n) is 26.2. The van der Waals surface area contributed by atoms with Gasteiger partial charge in [-0.05, 0) is 67.0 Å². The second kappa shape index (κ2) is 13.1. The molecular formula is C31H40N4O7S. The quantitative estimate of drug-likeness (QED) is 0.299. The molecule has 1 amide bonds. The summed E-state index contributed by atoms with van der Waals surface area (Å²) in [5.74, 6) is -0.623. The van der Waals surface area contributed by atoms with E-state index in [1.54, 1.807) is 65.8 Å². The average molecular weight is 613 g/mol. The number of aromatic nitrogens is 2. The molecule has 12 heteroatoms. The van der Waals surface area contributed by atoms with Crippen LogP contribution in [-0.4, -0.2) is 47.4 Å². The number of methoxy groups -OCH3 is 1.